The highest BCUT2D eigenvalue weighted by Gasteiger charge is 1.90. The molecule has 90 valence electrons. The normalized spacial score (nSPS) is 7.60. The largest absolute Gasteiger partial charge is 0.484 e. The van der Waals surface area contributed by atoms with E-state index < -0.39 is 0 Å². The summed E-state index contributed by atoms with van der Waals surface area (Å²) in [4.78, 5) is 0. The van der Waals surface area contributed by atoms with Gasteiger partial charge in [-0.2, -0.15) is 5.26 Å². The summed E-state index contributed by atoms with van der Waals surface area (Å²) in [5.74, 6) is 0.270. The molecule has 0 amide bonds. The predicted octanol–water partition coefficient (Wildman–Crippen LogP) is 1.61. The lowest BCUT2D eigenvalue weighted by Gasteiger charge is -1.98. The molecule has 0 aliphatic rings. The molecular formula is C9H19ClN2O3. The van der Waals surface area contributed by atoms with Gasteiger partial charge in [0.15, 0.2) is 5.90 Å². The van der Waals surface area contributed by atoms with Gasteiger partial charge in [-0.05, 0) is 0 Å². The van der Waals surface area contributed by atoms with Crippen LogP contribution in [-0.4, -0.2) is 40.4 Å². The van der Waals surface area contributed by atoms with Gasteiger partial charge in [0.2, 0.25) is 0 Å². The molecular weight excluding hydrogens is 220 g/mol. The zero-order valence-electron chi connectivity index (χ0n) is 9.41. The van der Waals surface area contributed by atoms with Crippen LogP contribution >= 0.6 is 12.4 Å². The first-order chi connectivity index (χ1) is 6.72. The van der Waals surface area contributed by atoms with Crippen molar-refractivity contribution in [1.29, 1.82) is 10.7 Å². The maximum Gasteiger partial charge on any atom is 0.182 e. The third kappa shape index (κ3) is 24.6. The van der Waals surface area contributed by atoms with Crippen molar-refractivity contribution < 1.29 is 14.2 Å². The number of methoxy groups -OCH3 is 3. The zero-order valence-corrected chi connectivity index (χ0v) is 10.2. The van der Waals surface area contributed by atoms with Gasteiger partial charge in [-0.3, -0.25) is 5.41 Å². The topological polar surface area (TPSA) is 75.3 Å². The second-order valence-corrected chi connectivity index (χ2v) is 2.27. The summed E-state index contributed by atoms with van der Waals surface area (Å²) in [5, 5.41) is 14.8. The molecule has 5 nitrogen and oxygen atoms in total. The number of hydrogen-bond donors (Lipinski definition) is 1. The van der Waals surface area contributed by atoms with E-state index in [0.717, 1.165) is 0 Å². The number of rotatable bonds is 5. The summed E-state index contributed by atoms with van der Waals surface area (Å²) in [6.07, 6.45) is 1.06. The van der Waals surface area contributed by atoms with Crippen molar-refractivity contribution in [3.05, 3.63) is 0 Å². The van der Waals surface area contributed by atoms with Gasteiger partial charge in [-0.15, -0.1) is 12.4 Å². The van der Waals surface area contributed by atoms with Gasteiger partial charge in [0.25, 0.3) is 0 Å². The van der Waals surface area contributed by atoms with Crippen LogP contribution in [0.4, 0.5) is 0 Å². The predicted molar refractivity (Wildman–Crippen MR) is 60.6 cm³/mol. The molecule has 0 aliphatic carbocycles. The Bertz CT molecular complexity index is 171. The minimum Gasteiger partial charge on any atom is -0.484 e. The third-order valence-corrected chi connectivity index (χ3v) is 1.20. The van der Waals surface area contributed by atoms with E-state index in [1.165, 1.54) is 7.11 Å². The Morgan fingerprint density at radius 1 is 1.20 bits per heavy atom. The van der Waals surface area contributed by atoms with Crippen LogP contribution in [0.1, 0.15) is 12.8 Å². The maximum absolute atomic E-state index is 7.87. The van der Waals surface area contributed by atoms with Crippen LogP contribution in [0.15, 0.2) is 0 Å². The average Bonchev–Trinajstić information content (AvgIpc) is 2.23. The molecule has 6 heteroatoms. The van der Waals surface area contributed by atoms with Crippen LogP contribution < -0.4 is 0 Å². The summed E-state index contributed by atoms with van der Waals surface area (Å²) in [7, 11) is 4.66. The first kappa shape index (κ1) is 19.7. The molecule has 0 atom stereocenters. The van der Waals surface area contributed by atoms with Crippen molar-refractivity contribution in [1.82, 2.24) is 0 Å². The molecule has 0 fully saturated rings. The minimum atomic E-state index is 0. The Labute approximate surface area is 97.2 Å². The molecule has 1 N–H and O–H groups in total. The summed E-state index contributed by atoms with van der Waals surface area (Å²) in [6, 6.07) is 1.94. The Hall–Kier alpha value is -0.830. The average molecular weight is 239 g/mol. The molecule has 0 heterocycles. The van der Waals surface area contributed by atoms with Gasteiger partial charge in [0.05, 0.1) is 32.8 Å². The highest BCUT2D eigenvalue weighted by atomic mass is 35.5. The number of nitrogens with zero attached hydrogens (tertiary/aromatic N) is 1. The van der Waals surface area contributed by atoms with E-state index in [4.69, 9.17) is 15.4 Å². The standard InChI is InChI=1S/C5H11NO2.C4H7NO.ClH/c1-7-4-3-5(6)8-2;1-6-4-2-3-5;/h6H,3-4H2,1-2H3;2,4H2,1H3;1H. The summed E-state index contributed by atoms with van der Waals surface area (Å²) >= 11 is 0. The molecule has 0 aromatic carbocycles. The fraction of sp³-hybridized carbons (Fsp3) is 0.778. The Morgan fingerprint density at radius 2 is 1.73 bits per heavy atom. The van der Waals surface area contributed by atoms with Crippen molar-refractivity contribution in [3.63, 3.8) is 0 Å². The van der Waals surface area contributed by atoms with Crippen molar-refractivity contribution >= 4 is 18.3 Å². The Kier molecular flexibility index (Phi) is 24.8. The van der Waals surface area contributed by atoms with Crippen molar-refractivity contribution in [2.75, 3.05) is 34.5 Å². The lowest BCUT2D eigenvalue weighted by molar-refractivity contribution is 0.200. The number of ether oxygens (including phenoxy) is 3. The maximum atomic E-state index is 7.87. The summed E-state index contributed by atoms with van der Waals surface area (Å²) in [6.45, 7) is 1.11. The minimum absolute atomic E-state index is 0. The van der Waals surface area contributed by atoms with E-state index in [9.17, 15) is 0 Å². The molecule has 0 aliphatic heterocycles. The molecule has 0 saturated heterocycles. The number of halogens is 1. The molecule has 0 bridgehead atoms. The highest BCUT2D eigenvalue weighted by Crippen LogP contribution is 1.83. The zero-order chi connectivity index (χ0) is 11.2. The van der Waals surface area contributed by atoms with E-state index in [1.807, 2.05) is 6.07 Å². The van der Waals surface area contributed by atoms with Crippen LogP contribution in [-0.2, 0) is 14.2 Å². The van der Waals surface area contributed by atoms with Gasteiger partial charge in [-0.1, -0.05) is 0 Å². The van der Waals surface area contributed by atoms with Gasteiger partial charge in [-0.25, -0.2) is 0 Å². The summed E-state index contributed by atoms with van der Waals surface area (Å²) < 4.78 is 13.8. The van der Waals surface area contributed by atoms with E-state index in [1.54, 1.807) is 14.2 Å². The van der Waals surface area contributed by atoms with Gasteiger partial charge in [0, 0.05) is 20.6 Å². The summed E-state index contributed by atoms with van der Waals surface area (Å²) in [5.41, 5.74) is 0. The molecule has 0 radical (unpaired) electrons. The van der Waals surface area contributed by atoms with Crippen molar-refractivity contribution in [2.24, 2.45) is 0 Å². The first-order valence-corrected chi connectivity index (χ1v) is 4.19. The van der Waals surface area contributed by atoms with E-state index >= 15 is 0 Å². The molecule has 0 spiro atoms. The van der Waals surface area contributed by atoms with E-state index in [-0.39, 0.29) is 18.3 Å². The van der Waals surface area contributed by atoms with E-state index in [0.29, 0.717) is 26.1 Å². The smallest absolute Gasteiger partial charge is 0.182 e. The lowest BCUT2D eigenvalue weighted by Crippen LogP contribution is -2.02. The van der Waals surface area contributed by atoms with E-state index in [2.05, 4.69) is 9.47 Å². The van der Waals surface area contributed by atoms with Crippen LogP contribution in [0.3, 0.4) is 0 Å². The second kappa shape index (κ2) is 18.9. The second-order valence-electron chi connectivity index (χ2n) is 2.27. The lowest BCUT2D eigenvalue weighted by atomic mass is 10.5. The van der Waals surface area contributed by atoms with Gasteiger partial charge in [0.1, 0.15) is 0 Å². The van der Waals surface area contributed by atoms with Crippen LogP contribution in [0, 0.1) is 16.7 Å². The number of hydrogen-bond acceptors (Lipinski definition) is 5. The Balaban J connectivity index is -0.000000187. The van der Waals surface area contributed by atoms with Gasteiger partial charge >= 0.3 is 0 Å². The van der Waals surface area contributed by atoms with Crippen LogP contribution in [0.25, 0.3) is 0 Å². The number of nitrogens with one attached hydrogen (secondary N) is 1. The first-order valence-electron chi connectivity index (χ1n) is 4.19. The van der Waals surface area contributed by atoms with Crippen molar-refractivity contribution in [3.8, 4) is 6.07 Å². The SMILES string of the molecule is COCCC#N.COCCC(=N)OC.Cl. The molecule has 0 aromatic heterocycles. The fourth-order valence-corrected chi connectivity index (χ4v) is 0.445. The molecule has 0 aromatic rings. The fourth-order valence-electron chi connectivity index (χ4n) is 0.445. The van der Waals surface area contributed by atoms with Crippen molar-refractivity contribution in [2.45, 2.75) is 12.8 Å². The molecule has 15 heavy (non-hydrogen) atoms. The number of nitriles is 1. The molecule has 0 rings (SSSR count). The quantitative estimate of drug-likeness (QED) is 0.449. The highest BCUT2D eigenvalue weighted by molar-refractivity contribution is 5.85. The van der Waals surface area contributed by atoms with Crippen LogP contribution in [0.5, 0.6) is 0 Å². The monoisotopic (exact) mass is 238 g/mol. The Morgan fingerprint density at radius 3 is 2.00 bits per heavy atom. The van der Waals surface area contributed by atoms with Gasteiger partial charge < -0.3 is 14.2 Å². The molecule has 0 unspecified atom stereocenters. The molecule has 0 saturated carbocycles. The van der Waals surface area contributed by atoms with Crippen LogP contribution in [0.2, 0.25) is 0 Å². The third-order valence-electron chi connectivity index (χ3n) is 1.20.